The maximum Gasteiger partial charge on any atom is 0.0448 e. The quantitative estimate of drug-likeness (QED) is 0.503. The average molecular weight is 244 g/mol. The van der Waals surface area contributed by atoms with Gasteiger partial charge in [0, 0.05) is 25.4 Å². The summed E-state index contributed by atoms with van der Waals surface area (Å²) in [4.78, 5) is 0. The summed E-state index contributed by atoms with van der Waals surface area (Å²) < 4.78 is 0. The second kappa shape index (κ2) is 7.94. The Morgan fingerprint density at radius 1 is 0.833 bits per heavy atom. The topological polar surface area (TPSA) is 86.7 Å². The maximum absolute atomic E-state index is 8.61. The standard InChI is InChI=1S/C7H17NO3.BrH/c8-7(1-4-9,2-5-10)3-6-11;/h9-11H,1-6,8H2;1H. The Kier molecular flexibility index (Phi) is 9.81. The lowest BCUT2D eigenvalue weighted by Crippen LogP contribution is -2.42. The van der Waals surface area contributed by atoms with Crippen molar-refractivity contribution in [2.75, 3.05) is 19.8 Å². The molecule has 5 N–H and O–H groups in total. The van der Waals surface area contributed by atoms with Gasteiger partial charge in [-0.25, -0.2) is 0 Å². The van der Waals surface area contributed by atoms with Crippen molar-refractivity contribution in [1.82, 2.24) is 0 Å². The molecule has 0 amide bonds. The predicted molar refractivity (Wildman–Crippen MR) is 52.3 cm³/mol. The van der Waals surface area contributed by atoms with Crippen molar-refractivity contribution in [2.45, 2.75) is 24.8 Å². The fraction of sp³-hybridized carbons (Fsp3) is 1.00. The van der Waals surface area contributed by atoms with Crippen LogP contribution in [0.4, 0.5) is 0 Å². The first-order chi connectivity index (χ1) is 5.18. The smallest absolute Gasteiger partial charge is 0.0448 e. The van der Waals surface area contributed by atoms with Crippen LogP contribution < -0.4 is 5.73 Å². The van der Waals surface area contributed by atoms with Gasteiger partial charge in [0.1, 0.15) is 0 Å². The average Bonchev–Trinajstić information content (AvgIpc) is 1.88. The molecule has 4 nitrogen and oxygen atoms in total. The minimum atomic E-state index is -0.599. The Bertz CT molecular complexity index is 85.6. The van der Waals surface area contributed by atoms with E-state index in [4.69, 9.17) is 21.1 Å². The number of hydrogen-bond acceptors (Lipinski definition) is 4. The third-order valence-electron chi connectivity index (χ3n) is 1.83. The van der Waals surface area contributed by atoms with E-state index in [-0.39, 0.29) is 36.8 Å². The van der Waals surface area contributed by atoms with Crippen molar-refractivity contribution in [3.63, 3.8) is 0 Å². The highest BCUT2D eigenvalue weighted by Crippen LogP contribution is 2.15. The van der Waals surface area contributed by atoms with Crippen LogP contribution in [0, 0.1) is 0 Å². The summed E-state index contributed by atoms with van der Waals surface area (Å²) in [5, 5.41) is 25.8. The highest BCUT2D eigenvalue weighted by atomic mass is 79.9. The summed E-state index contributed by atoms with van der Waals surface area (Å²) in [6.07, 6.45) is 1.27. The zero-order valence-corrected chi connectivity index (χ0v) is 8.78. The molecular weight excluding hydrogens is 226 g/mol. The van der Waals surface area contributed by atoms with Crippen molar-refractivity contribution >= 4 is 17.0 Å². The minimum Gasteiger partial charge on any atom is -0.396 e. The fourth-order valence-corrected chi connectivity index (χ4v) is 1.04. The van der Waals surface area contributed by atoms with Gasteiger partial charge in [0.05, 0.1) is 0 Å². The van der Waals surface area contributed by atoms with E-state index >= 15 is 0 Å². The van der Waals surface area contributed by atoms with Crippen LogP contribution in [0.15, 0.2) is 0 Å². The lowest BCUT2D eigenvalue weighted by Gasteiger charge is -2.26. The molecule has 0 aromatic heterocycles. The van der Waals surface area contributed by atoms with Gasteiger partial charge in [-0.1, -0.05) is 0 Å². The molecule has 12 heavy (non-hydrogen) atoms. The Morgan fingerprint density at radius 2 is 1.08 bits per heavy atom. The van der Waals surface area contributed by atoms with Crippen molar-refractivity contribution in [2.24, 2.45) is 5.73 Å². The molecule has 5 heteroatoms. The molecular formula is C7H18BrNO3. The highest BCUT2D eigenvalue weighted by molar-refractivity contribution is 8.93. The molecule has 0 fully saturated rings. The van der Waals surface area contributed by atoms with Crippen LogP contribution in [0.5, 0.6) is 0 Å². The number of aliphatic hydroxyl groups excluding tert-OH is 3. The van der Waals surface area contributed by atoms with Crippen molar-refractivity contribution in [1.29, 1.82) is 0 Å². The van der Waals surface area contributed by atoms with Crippen molar-refractivity contribution < 1.29 is 15.3 Å². The van der Waals surface area contributed by atoms with E-state index in [2.05, 4.69) is 0 Å². The number of halogens is 1. The van der Waals surface area contributed by atoms with Gasteiger partial charge in [-0.3, -0.25) is 0 Å². The number of nitrogens with two attached hydrogens (primary N) is 1. The van der Waals surface area contributed by atoms with Gasteiger partial charge in [0.15, 0.2) is 0 Å². The van der Waals surface area contributed by atoms with Crippen LogP contribution >= 0.6 is 17.0 Å². The van der Waals surface area contributed by atoms with E-state index in [1.54, 1.807) is 0 Å². The van der Waals surface area contributed by atoms with Gasteiger partial charge >= 0.3 is 0 Å². The van der Waals surface area contributed by atoms with Gasteiger partial charge in [-0.05, 0) is 19.3 Å². The molecule has 0 saturated heterocycles. The number of hydrogen-bond donors (Lipinski definition) is 4. The van der Waals surface area contributed by atoms with E-state index in [1.807, 2.05) is 0 Å². The molecule has 0 saturated carbocycles. The summed E-state index contributed by atoms with van der Waals surface area (Å²) in [7, 11) is 0. The predicted octanol–water partition coefficient (Wildman–Crippen LogP) is -0.591. The molecule has 0 bridgehead atoms. The second-order valence-corrected chi connectivity index (χ2v) is 2.78. The number of aliphatic hydroxyl groups is 3. The fourth-order valence-electron chi connectivity index (χ4n) is 1.04. The molecule has 0 aliphatic carbocycles. The first-order valence-electron chi connectivity index (χ1n) is 3.80. The third-order valence-corrected chi connectivity index (χ3v) is 1.83. The molecule has 0 aromatic carbocycles. The Morgan fingerprint density at radius 3 is 1.25 bits per heavy atom. The largest absolute Gasteiger partial charge is 0.396 e. The van der Waals surface area contributed by atoms with E-state index in [1.165, 1.54) is 0 Å². The van der Waals surface area contributed by atoms with Crippen LogP contribution in [0.25, 0.3) is 0 Å². The van der Waals surface area contributed by atoms with E-state index in [9.17, 15) is 0 Å². The Hall–Kier alpha value is 0.320. The zero-order chi connectivity index (χ0) is 8.74. The summed E-state index contributed by atoms with van der Waals surface area (Å²) >= 11 is 0. The first kappa shape index (κ1) is 14.8. The number of rotatable bonds is 6. The Labute approximate surface area is 83.2 Å². The highest BCUT2D eigenvalue weighted by Gasteiger charge is 2.22. The van der Waals surface area contributed by atoms with Gasteiger partial charge in [0.25, 0.3) is 0 Å². The first-order valence-corrected chi connectivity index (χ1v) is 3.80. The summed E-state index contributed by atoms with van der Waals surface area (Å²) in [6, 6.07) is 0. The molecule has 0 heterocycles. The van der Waals surface area contributed by atoms with Crippen LogP contribution in [-0.2, 0) is 0 Å². The van der Waals surface area contributed by atoms with Crippen LogP contribution in [0.3, 0.4) is 0 Å². The molecule has 0 aliphatic heterocycles. The molecule has 0 radical (unpaired) electrons. The summed E-state index contributed by atoms with van der Waals surface area (Å²) in [6.45, 7) is -0.0104. The SMILES string of the molecule is Br.NC(CCO)(CCO)CCO. The third kappa shape index (κ3) is 5.91. The monoisotopic (exact) mass is 243 g/mol. The normalized spacial score (nSPS) is 11.0. The van der Waals surface area contributed by atoms with E-state index in [0.29, 0.717) is 19.3 Å². The maximum atomic E-state index is 8.61. The zero-order valence-electron chi connectivity index (χ0n) is 7.07. The van der Waals surface area contributed by atoms with Gasteiger partial charge in [-0.2, -0.15) is 0 Å². The second-order valence-electron chi connectivity index (χ2n) is 2.78. The lowest BCUT2D eigenvalue weighted by molar-refractivity contribution is 0.160. The molecule has 0 rings (SSSR count). The van der Waals surface area contributed by atoms with Crippen LogP contribution in [0.1, 0.15) is 19.3 Å². The van der Waals surface area contributed by atoms with Crippen molar-refractivity contribution in [3.8, 4) is 0 Å². The molecule has 0 unspecified atom stereocenters. The van der Waals surface area contributed by atoms with Gasteiger partial charge in [0.2, 0.25) is 0 Å². The summed E-state index contributed by atoms with van der Waals surface area (Å²) in [5.41, 5.74) is 5.15. The van der Waals surface area contributed by atoms with E-state index < -0.39 is 5.54 Å². The van der Waals surface area contributed by atoms with E-state index in [0.717, 1.165) is 0 Å². The minimum absolute atomic E-state index is 0. The molecule has 0 aromatic rings. The lowest BCUT2D eigenvalue weighted by atomic mass is 9.90. The molecule has 0 spiro atoms. The molecule has 0 atom stereocenters. The summed E-state index contributed by atoms with van der Waals surface area (Å²) in [5.74, 6) is 0. The van der Waals surface area contributed by atoms with Crippen LogP contribution in [0.2, 0.25) is 0 Å². The van der Waals surface area contributed by atoms with Crippen LogP contribution in [-0.4, -0.2) is 40.7 Å². The molecule has 0 aliphatic rings. The van der Waals surface area contributed by atoms with Gasteiger partial charge in [-0.15, -0.1) is 17.0 Å². The van der Waals surface area contributed by atoms with Gasteiger partial charge < -0.3 is 21.1 Å². The molecule has 76 valence electrons. The van der Waals surface area contributed by atoms with Crippen molar-refractivity contribution in [3.05, 3.63) is 0 Å². The Balaban J connectivity index is 0.